The summed E-state index contributed by atoms with van der Waals surface area (Å²) in [6.45, 7) is 10.5. The van der Waals surface area contributed by atoms with Crippen LogP contribution in [0.2, 0.25) is 0 Å². The van der Waals surface area contributed by atoms with Crippen LogP contribution in [0.4, 0.5) is 0 Å². The fourth-order valence-electron chi connectivity index (χ4n) is 1.71. The third kappa shape index (κ3) is 5.43. The Kier molecular flexibility index (Phi) is 5.55. The van der Waals surface area contributed by atoms with E-state index in [9.17, 15) is 4.79 Å². The molecule has 0 unspecified atom stereocenters. The minimum atomic E-state index is -0.333. The lowest BCUT2D eigenvalue weighted by atomic mass is 9.95. The standard InChI is InChI=1S/C16H26N2O/c1-6-18(5)12-14-9-7-8-13(10-14)11-17-15(19)16(2,3)4/h7-10H,6,11-12H2,1-5H3,(H,17,19). The Morgan fingerprint density at radius 1 is 1.26 bits per heavy atom. The van der Waals surface area contributed by atoms with Gasteiger partial charge in [0.25, 0.3) is 0 Å². The normalized spacial score (nSPS) is 11.7. The van der Waals surface area contributed by atoms with E-state index < -0.39 is 0 Å². The highest BCUT2D eigenvalue weighted by molar-refractivity contribution is 5.81. The third-order valence-corrected chi connectivity index (χ3v) is 3.12. The number of hydrogen-bond acceptors (Lipinski definition) is 2. The van der Waals surface area contributed by atoms with Gasteiger partial charge in [-0.1, -0.05) is 52.0 Å². The van der Waals surface area contributed by atoms with E-state index in [1.807, 2.05) is 20.8 Å². The molecule has 0 saturated carbocycles. The van der Waals surface area contributed by atoms with Crippen molar-refractivity contribution >= 4 is 5.91 Å². The molecule has 0 atom stereocenters. The SMILES string of the molecule is CCN(C)Cc1cccc(CNC(=O)C(C)(C)C)c1. The number of carbonyl (C=O) groups excluding carboxylic acids is 1. The van der Waals surface area contributed by atoms with Crippen molar-refractivity contribution in [2.45, 2.75) is 40.8 Å². The zero-order valence-electron chi connectivity index (χ0n) is 12.8. The van der Waals surface area contributed by atoms with Crippen molar-refractivity contribution in [1.29, 1.82) is 0 Å². The quantitative estimate of drug-likeness (QED) is 0.885. The van der Waals surface area contributed by atoms with Crippen molar-refractivity contribution in [3.8, 4) is 0 Å². The van der Waals surface area contributed by atoms with Gasteiger partial charge in [0.1, 0.15) is 0 Å². The van der Waals surface area contributed by atoms with E-state index in [2.05, 4.69) is 48.5 Å². The molecule has 19 heavy (non-hydrogen) atoms. The number of benzene rings is 1. The maximum atomic E-state index is 11.8. The van der Waals surface area contributed by atoms with Gasteiger partial charge in [0.15, 0.2) is 0 Å². The molecule has 1 rings (SSSR count). The summed E-state index contributed by atoms with van der Waals surface area (Å²) < 4.78 is 0. The minimum absolute atomic E-state index is 0.0866. The van der Waals surface area contributed by atoms with Crippen LogP contribution in [0.3, 0.4) is 0 Å². The van der Waals surface area contributed by atoms with E-state index in [0.717, 1.165) is 18.7 Å². The fourth-order valence-corrected chi connectivity index (χ4v) is 1.71. The van der Waals surface area contributed by atoms with Crippen molar-refractivity contribution in [2.75, 3.05) is 13.6 Å². The van der Waals surface area contributed by atoms with Crippen molar-refractivity contribution in [2.24, 2.45) is 5.41 Å². The number of nitrogens with one attached hydrogen (secondary N) is 1. The van der Waals surface area contributed by atoms with E-state index in [0.29, 0.717) is 6.54 Å². The molecule has 1 aromatic rings. The van der Waals surface area contributed by atoms with Gasteiger partial charge in [-0.05, 0) is 24.7 Å². The number of carbonyl (C=O) groups is 1. The first kappa shape index (κ1) is 15.7. The second-order valence-corrected chi connectivity index (χ2v) is 6.08. The highest BCUT2D eigenvalue weighted by atomic mass is 16.2. The molecular weight excluding hydrogens is 236 g/mol. The molecule has 0 heterocycles. The molecule has 0 aliphatic heterocycles. The number of amides is 1. The predicted octanol–water partition coefficient (Wildman–Crippen LogP) is 2.80. The molecule has 0 saturated heterocycles. The number of hydrogen-bond donors (Lipinski definition) is 1. The highest BCUT2D eigenvalue weighted by Gasteiger charge is 2.20. The van der Waals surface area contributed by atoms with Crippen LogP contribution in [0.5, 0.6) is 0 Å². The Bertz CT molecular complexity index is 421. The Morgan fingerprint density at radius 2 is 1.89 bits per heavy atom. The van der Waals surface area contributed by atoms with Gasteiger partial charge in [0.05, 0.1) is 0 Å². The molecule has 3 nitrogen and oxygen atoms in total. The second kappa shape index (κ2) is 6.71. The van der Waals surface area contributed by atoms with Gasteiger partial charge in [-0.15, -0.1) is 0 Å². The summed E-state index contributed by atoms with van der Waals surface area (Å²) >= 11 is 0. The molecule has 1 aromatic carbocycles. The van der Waals surface area contributed by atoms with Crippen molar-refractivity contribution in [1.82, 2.24) is 10.2 Å². The fraction of sp³-hybridized carbons (Fsp3) is 0.562. The molecule has 0 aromatic heterocycles. The summed E-state index contributed by atoms with van der Waals surface area (Å²) in [6.07, 6.45) is 0. The molecule has 0 radical (unpaired) electrons. The topological polar surface area (TPSA) is 32.3 Å². The van der Waals surface area contributed by atoms with Crippen LogP contribution in [-0.4, -0.2) is 24.4 Å². The van der Waals surface area contributed by atoms with Crippen LogP contribution in [0, 0.1) is 5.41 Å². The number of rotatable bonds is 5. The molecule has 1 N–H and O–H groups in total. The first-order chi connectivity index (χ1) is 8.82. The van der Waals surface area contributed by atoms with Crippen molar-refractivity contribution < 1.29 is 4.79 Å². The second-order valence-electron chi connectivity index (χ2n) is 6.08. The Hall–Kier alpha value is -1.35. The summed E-state index contributed by atoms with van der Waals surface area (Å²) in [6, 6.07) is 8.39. The molecule has 0 aliphatic rings. The Balaban J connectivity index is 2.60. The molecule has 106 valence electrons. The third-order valence-electron chi connectivity index (χ3n) is 3.12. The monoisotopic (exact) mass is 262 g/mol. The van der Waals surface area contributed by atoms with Crippen LogP contribution in [-0.2, 0) is 17.9 Å². The van der Waals surface area contributed by atoms with Crippen LogP contribution in [0.1, 0.15) is 38.8 Å². The zero-order chi connectivity index (χ0) is 14.5. The maximum absolute atomic E-state index is 11.8. The Labute approximate surface area is 117 Å². The predicted molar refractivity (Wildman–Crippen MR) is 79.8 cm³/mol. The summed E-state index contributed by atoms with van der Waals surface area (Å²) in [5.41, 5.74) is 2.10. The highest BCUT2D eigenvalue weighted by Crippen LogP contribution is 2.13. The van der Waals surface area contributed by atoms with Gasteiger partial charge in [-0.2, -0.15) is 0 Å². The molecular formula is C16H26N2O. The van der Waals surface area contributed by atoms with Crippen LogP contribution >= 0.6 is 0 Å². The summed E-state index contributed by atoms with van der Waals surface area (Å²) in [5, 5.41) is 2.98. The van der Waals surface area contributed by atoms with E-state index in [1.54, 1.807) is 0 Å². The first-order valence-corrected chi connectivity index (χ1v) is 6.87. The molecule has 0 bridgehead atoms. The average Bonchev–Trinajstić information content (AvgIpc) is 2.35. The van der Waals surface area contributed by atoms with Crippen LogP contribution in [0.25, 0.3) is 0 Å². The molecule has 3 heteroatoms. The van der Waals surface area contributed by atoms with Crippen molar-refractivity contribution in [3.63, 3.8) is 0 Å². The average molecular weight is 262 g/mol. The van der Waals surface area contributed by atoms with Gasteiger partial charge < -0.3 is 10.2 Å². The smallest absolute Gasteiger partial charge is 0.225 e. The molecule has 0 fully saturated rings. The lowest BCUT2D eigenvalue weighted by Crippen LogP contribution is -2.34. The van der Waals surface area contributed by atoms with E-state index in [1.165, 1.54) is 5.56 Å². The minimum Gasteiger partial charge on any atom is -0.352 e. The van der Waals surface area contributed by atoms with Crippen LogP contribution < -0.4 is 5.32 Å². The largest absolute Gasteiger partial charge is 0.352 e. The number of nitrogens with zero attached hydrogens (tertiary/aromatic N) is 1. The van der Waals surface area contributed by atoms with Crippen molar-refractivity contribution in [3.05, 3.63) is 35.4 Å². The summed E-state index contributed by atoms with van der Waals surface area (Å²) in [4.78, 5) is 14.1. The first-order valence-electron chi connectivity index (χ1n) is 6.87. The Morgan fingerprint density at radius 3 is 2.47 bits per heavy atom. The zero-order valence-corrected chi connectivity index (χ0v) is 12.8. The lowest BCUT2D eigenvalue weighted by Gasteiger charge is -2.18. The lowest BCUT2D eigenvalue weighted by molar-refractivity contribution is -0.128. The summed E-state index contributed by atoms with van der Waals surface area (Å²) in [7, 11) is 2.11. The van der Waals surface area contributed by atoms with E-state index >= 15 is 0 Å². The van der Waals surface area contributed by atoms with E-state index in [4.69, 9.17) is 0 Å². The molecule has 0 spiro atoms. The van der Waals surface area contributed by atoms with Gasteiger partial charge in [-0.25, -0.2) is 0 Å². The molecule has 0 aliphatic carbocycles. The summed E-state index contributed by atoms with van der Waals surface area (Å²) in [5.74, 6) is 0.0866. The van der Waals surface area contributed by atoms with Gasteiger partial charge in [0, 0.05) is 18.5 Å². The van der Waals surface area contributed by atoms with E-state index in [-0.39, 0.29) is 11.3 Å². The van der Waals surface area contributed by atoms with Gasteiger partial charge in [-0.3, -0.25) is 4.79 Å². The van der Waals surface area contributed by atoms with Crippen LogP contribution in [0.15, 0.2) is 24.3 Å². The molecule has 1 amide bonds. The van der Waals surface area contributed by atoms with Gasteiger partial charge >= 0.3 is 0 Å². The van der Waals surface area contributed by atoms with Gasteiger partial charge in [0.2, 0.25) is 5.91 Å². The maximum Gasteiger partial charge on any atom is 0.225 e.